The molecule has 4 aliphatic rings. The van der Waals surface area contributed by atoms with Crippen LogP contribution in [-0.4, -0.2) is 10.2 Å². The third-order valence-electron chi connectivity index (χ3n) is 16.1. The Balaban J connectivity index is 1.12. The van der Waals surface area contributed by atoms with Crippen LogP contribution in [-0.2, 0) is 0 Å². The van der Waals surface area contributed by atoms with Crippen LogP contribution >= 0.6 is 0 Å². The predicted molar refractivity (Wildman–Crippen MR) is 292 cm³/mol. The van der Waals surface area contributed by atoms with Crippen molar-refractivity contribution in [1.82, 2.24) is 0 Å². The van der Waals surface area contributed by atoms with E-state index in [2.05, 4.69) is 48.5 Å². The zero-order valence-electron chi connectivity index (χ0n) is 42.7. The molecule has 2 N–H and O–H groups in total. The van der Waals surface area contributed by atoms with E-state index in [4.69, 9.17) is 28.4 Å². The van der Waals surface area contributed by atoms with E-state index in [9.17, 15) is 10.2 Å². The van der Waals surface area contributed by atoms with Crippen molar-refractivity contribution in [3.05, 3.63) is 168 Å². The van der Waals surface area contributed by atoms with Crippen LogP contribution in [0.3, 0.4) is 0 Å². The highest BCUT2D eigenvalue weighted by molar-refractivity contribution is 5.77. The van der Waals surface area contributed by atoms with E-state index in [0.717, 1.165) is 0 Å². The minimum Gasteiger partial charge on any atom is -0.508 e. The van der Waals surface area contributed by atoms with Crippen molar-refractivity contribution in [3.8, 4) is 80.5 Å². The lowest BCUT2D eigenvalue weighted by Crippen LogP contribution is -2.06. The third kappa shape index (κ3) is 12.0. The molecule has 0 aliphatic heterocycles. The molecular weight excluding hydrogens is 921 g/mol. The van der Waals surface area contributed by atoms with Gasteiger partial charge in [0.2, 0.25) is 34.5 Å². The second kappa shape index (κ2) is 23.4. The monoisotopic (exact) mass is 991 g/mol. The molecular formula is C66H70O8. The number of hydrogen-bond acceptors (Lipinski definition) is 8. The summed E-state index contributed by atoms with van der Waals surface area (Å²) in [5.41, 5.74) is 5.18. The Morgan fingerprint density at radius 3 is 0.554 bits per heavy atom. The van der Waals surface area contributed by atoms with Crippen molar-refractivity contribution in [2.45, 2.75) is 152 Å². The molecule has 0 radical (unpaired) electrons. The van der Waals surface area contributed by atoms with Gasteiger partial charge in [-0.05, 0) is 194 Å². The second-order valence-electron chi connectivity index (χ2n) is 21.2. The topological polar surface area (TPSA) is 95.8 Å². The average Bonchev–Trinajstić information content (AvgIpc) is 3.46. The van der Waals surface area contributed by atoms with Gasteiger partial charge in [0.25, 0.3) is 0 Å². The molecule has 8 nitrogen and oxygen atoms in total. The van der Waals surface area contributed by atoms with Crippen LogP contribution in [0.15, 0.2) is 146 Å². The number of phenolic OH excluding ortho intramolecular Hbond substituents is 2. The van der Waals surface area contributed by atoms with Crippen molar-refractivity contribution >= 4 is 0 Å². The maximum absolute atomic E-state index is 10.5. The van der Waals surface area contributed by atoms with Gasteiger partial charge in [0.15, 0.2) is 0 Å². The Kier molecular flexibility index (Phi) is 15.6. The summed E-state index contributed by atoms with van der Waals surface area (Å²) in [5, 5.41) is 21.0. The first-order valence-electron chi connectivity index (χ1n) is 27.7. The summed E-state index contributed by atoms with van der Waals surface area (Å²) in [5.74, 6) is 6.34. The van der Waals surface area contributed by atoms with Gasteiger partial charge in [0.05, 0.1) is 0 Å². The number of ether oxygens (including phenoxy) is 6. The second-order valence-corrected chi connectivity index (χ2v) is 21.2. The lowest BCUT2D eigenvalue weighted by molar-refractivity contribution is 0.326. The smallest absolute Gasteiger partial charge is 0.220 e. The van der Waals surface area contributed by atoms with Gasteiger partial charge in [-0.3, -0.25) is 0 Å². The molecule has 7 aromatic rings. The SMILES string of the molecule is Oc1ccc(Oc2c(Oc3ccc(C4CCCCC4)cc3)c(Oc3ccc(C4CCCCC4)cc3)c(Oc3ccc(O)cc3)c(Oc3ccc(C4CCCCC4)cc3)c2Oc2ccc(C3CCCCC3)cc2)cc1. The van der Waals surface area contributed by atoms with Crippen molar-refractivity contribution in [1.29, 1.82) is 0 Å². The zero-order chi connectivity index (χ0) is 50.1. The fraction of sp³-hybridized carbons (Fsp3) is 0.364. The summed E-state index contributed by atoms with van der Waals surface area (Å²) in [6.45, 7) is 0. The van der Waals surface area contributed by atoms with E-state index in [1.54, 1.807) is 48.5 Å². The highest BCUT2D eigenvalue weighted by atomic mass is 16.6. The van der Waals surface area contributed by atoms with Crippen LogP contribution in [0.25, 0.3) is 0 Å². The van der Waals surface area contributed by atoms with Crippen LogP contribution in [0.2, 0.25) is 0 Å². The Morgan fingerprint density at radius 2 is 0.378 bits per heavy atom. The highest BCUT2D eigenvalue weighted by Crippen LogP contribution is 2.63. The van der Waals surface area contributed by atoms with E-state index in [1.807, 2.05) is 48.5 Å². The van der Waals surface area contributed by atoms with Crippen LogP contribution in [0.4, 0.5) is 0 Å². The van der Waals surface area contributed by atoms with E-state index in [1.165, 1.54) is 151 Å². The molecule has 0 unspecified atom stereocenters. The van der Waals surface area contributed by atoms with Crippen LogP contribution in [0, 0.1) is 0 Å². The number of rotatable bonds is 16. The molecule has 382 valence electrons. The Bertz CT molecular complexity index is 2530. The van der Waals surface area contributed by atoms with Gasteiger partial charge >= 0.3 is 0 Å². The Morgan fingerprint density at radius 1 is 0.216 bits per heavy atom. The van der Waals surface area contributed by atoms with Gasteiger partial charge in [-0.25, -0.2) is 0 Å². The summed E-state index contributed by atoms with van der Waals surface area (Å²) in [4.78, 5) is 0. The molecule has 0 bridgehead atoms. The zero-order valence-corrected chi connectivity index (χ0v) is 42.7. The normalized spacial score (nSPS) is 17.1. The highest BCUT2D eigenvalue weighted by Gasteiger charge is 2.35. The maximum Gasteiger partial charge on any atom is 0.220 e. The van der Waals surface area contributed by atoms with Gasteiger partial charge in [-0.15, -0.1) is 0 Å². The summed E-state index contributed by atoms with van der Waals surface area (Å²) >= 11 is 0. The molecule has 4 aliphatic carbocycles. The van der Waals surface area contributed by atoms with E-state index >= 15 is 0 Å². The number of benzene rings is 7. The Hall–Kier alpha value is -7.06. The predicted octanol–water partition coefficient (Wildman–Crippen LogP) is 20.0. The Labute approximate surface area is 437 Å². The summed E-state index contributed by atoms with van der Waals surface area (Å²) < 4.78 is 42.8. The maximum atomic E-state index is 10.5. The molecule has 8 heteroatoms. The largest absolute Gasteiger partial charge is 0.508 e. The standard InChI is InChI=1S/C66H70O8/c67-53-29-41-59(42-30-53)73-65-61(69-55-33-21-49(22-34-55)45-13-5-1-6-14-45)62(70-56-35-23-50(24-36-56)46-15-7-2-8-16-46)66(74-60-43-31-54(68)32-44-60)64(72-58-39-27-52(28-40-58)48-19-11-4-12-20-48)63(65)71-57-37-25-51(26-38-57)47-17-9-3-10-18-47/h21-48,67-68H,1-20H2. The number of hydrogen-bond donors (Lipinski definition) is 2. The lowest BCUT2D eigenvalue weighted by Gasteiger charge is -2.26. The first-order valence-corrected chi connectivity index (χ1v) is 27.7. The first kappa shape index (κ1) is 49.2. The molecule has 0 aromatic heterocycles. The van der Waals surface area contributed by atoms with E-state index in [-0.39, 0.29) is 46.0 Å². The summed E-state index contributed by atoms with van der Waals surface area (Å²) in [6, 6.07) is 46.6. The van der Waals surface area contributed by atoms with E-state index in [0.29, 0.717) is 58.2 Å². The van der Waals surface area contributed by atoms with E-state index < -0.39 is 0 Å². The molecule has 0 spiro atoms. The molecule has 74 heavy (non-hydrogen) atoms. The average molecular weight is 991 g/mol. The fourth-order valence-corrected chi connectivity index (χ4v) is 11.9. The van der Waals surface area contributed by atoms with Crippen LogP contribution in [0.5, 0.6) is 80.5 Å². The first-order chi connectivity index (χ1) is 36.5. The van der Waals surface area contributed by atoms with Gasteiger partial charge < -0.3 is 38.6 Å². The van der Waals surface area contributed by atoms with Gasteiger partial charge in [-0.1, -0.05) is 126 Å². The van der Waals surface area contributed by atoms with Crippen molar-refractivity contribution < 1.29 is 38.6 Å². The summed E-state index contributed by atoms with van der Waals surface area (Å²) in [6.07, 6.45) is 24.4. The van der Waals surface area contributed by atoms with Crippen molar-refractivity contribution in [2.75, 3.05) is 0 Å². The molecule has 0 saturated heterocycles. The molecule has 11 rings (SSSR count). The van der Waals surface area contributed by atoms with Crippen LogP contribution in [0.1, 0.15) is 174 Å². The molecule has 4 fully saturated rings. The summed E-state index contributed by atoms with van der Waals surface area (Å²) in [7, 11) is 0. The quantitative estimate of drug-likeness (QED) is 0.0989. The fourth-order valence-electron chi connectivity index (χ4n) is 11.9. The van der Waals surface area contributed by atoms with Crippen molar-refractivity contribution in [2.24, 2.45) is 0 Å². The van der Waals surface area contributed by atoms with Crippen molar-refractivity contribution in [3.63, 3.8) is 0 Å². The number of phenols is 2. The molecule has 0 heterocycles. The molecule has 0 atom stereocenters. The van der Waals surface area contributed by atoms with Gasteiger partial charge in [-0.2, -0.15) is 0 Å². The third-order valence-corrected chi connectivity index (χ3v) is 16.1. The lowest BCUT2D eigenvalue weighted by atomic mass is 9.84. The van der Waals surface area contributed by atoms with Gasteiger partial charge in [0, 0.05) is 0 Å². The molecule has 4 saturated carbocycles. The minimum absolute atomic E-state index is 0.0976. The van der Waals surface area contributed by atoms with Crippen LogP contribution < -0.4 is 28.4 Å². The molecule has 7 aromatic carbocycles. The molecule has 0 amide bonds. The van der Waals surface area contributed by atoms with Gasteiger partial charge in [0.1, 0.15) is 46.0 Å². The number of aromatic hydroxyl groups is 2. The minimum atomic E-state index is 0.0976.